The van der Waals surface area contributed by atoms with E-state index in [1.165, 1.54) is 32.1 Å². The third kappa shape index (κ3) is 3.39. The van der Waals surface area contributed by atoms with Crippen molar-refractivity contribution >= 4 is 8.07 Å². The topological polar surface area (TPSA) is 9.23 Å². The van der Waals surface area contributed by atoms with E-state index in [4.69, 9.17) is 4.74 Å². The minimum Gasteiger partial charge on any atom is -0.378 e. The molecule has 1 saturated heterocycles. The lowest BCUT2D eigenvalue weighted by atomic mass is 10.0. The van der Waals surface area contributed by atoms with Crippen LogP contribution in [0, 0.1) is 0 Å². The maximum atomic E-state index is 5.95. The fourth-order valence-corrected chi connectivity index (χ4v) is 4.97. The molecule has 84 valence electrons. The van der Waals surface area contributed by atoms with Crippen molar-refractivity contribution in [1.29, 1.82) is 0 Å². The largest absolute Gasteiger partial charge is 0.378 e. The molecule has 0 radical (unpaired) electrons. The Bertz CT molecular complexity index is 162. The first-order chi connectivity index (χ1) is 6.55. The average molecular weight is 214 g/mol. The van der Waals surface area contributed by atoms with E-state index in [0.717, 1.165) is 12.1 Å². The molecule has 1 aliphatic rings. The molecule has 2 heteroatoms. The smallest absolute Gasteiger partial charge is 0.0579 e. The van der Waals surface area contributed by atoms with Crippen molar-refractivity contribution in [2.45, 2.75) is 70.3 Å². The van der Waals surface area contributed by atoms with E-state index < -0.39 is 8.07 Å². The maximum Gasteiger partial charge on any atom is 0.0579 e. The van der Waals surface area contributed by atoms with Gasteiger partial charge >= 0.3 is 0 Å². The fourth-order valence-electron chi connectivity index (χ4n) is 2.52. The third-order valence-electron chi connectivity index (χ3n) is 3.39. The molecule has 1 aliphatic heterocycles. The summed E-state index contributed by atoms with van der Waals surface area (Å²) < 4.78 is 5.95. The molecule has 0 aliphatic carbocycles. The summed E-state index contributed by atoms with van der Waals surface area (Å²) in [6.45, 7) is 10.8. The normalized spacial score (nSPS) is 29.1. The first-order valence-corrected chi connectivity index (χ1v) is 9.75. The van der Waals surface area contributed by atoms with Crippen molar-refractivity contribution in [3.05, 3.63) is 0 Å². The molecule has 0 aromatic rings. The molecule has 0 unspecified atom stereocenters. The van der Waals surface area contributed by atoms with Crippen molar-refractivity contribution in [1.82, 2.24) is 0 Å². The molecule has 0 spiro atoms. The van der Waals surface area contributed by atoms with Crippen LogP contribution in [0.4, 0.5) is 0 Å². The molecule has 1 nitrogen and oxygen atoms in total. The fraction of sp³-hybridized carbons (Fsp3) is 1.00. The summed E-state index contributed by atoms with van der Waals surface area (Å²) in [4.78, 5) is 0. The Balaban J connectivity index is 2.50. The molecule has 0 bridgehead atoms. The highest BCUT2D eigenvalue weighted by atomic mass is 28.3. The highest BCUT2D eigenvalue weighted by Crippen LogP contribution is 2.37. The molecule has 2 atom stereocenters. The molecule has 0 N–H and O–H groups in total. The van der Waals surface area contributed by atoms with Crippen LogP contribution >= 0.6 is 0 Å². The van der Waals surface area contributed by atoms with Crippen molar-refractivity contribution in [3.8, 4) is 0 Å². The number of hydrogen-bond acceptors (Lipinski definition) is 1. The van der Waals surface area contributed by atoms with Gasteiger partial charge in [0.2, 0.25) is 0 Å². The summed E-state index contributed by atoms with van der Waals surface area (Å²) in [6.07, 6.45) is 7.24. The Morgan fingerprint density at radius 3 is 2.57 bits per heavy atom. The van der Waals surface area contributed by atoms with E-state index in [1.54, 1.807) is 0 Å². The van der Waals surface area contributed by atoms with Crippen molar-refractivity contribution in [2.24, 2.45) is 0 Å². The summed E-state index contributed by atoms with van der Waals surface area (Å²) >= 11 is 0. The van der Waals surface area contributed by atoms with Crippen LogP contribution in [0.25, 0.3) is 0 Å². The van der Waals surface area contributed by atoms with Crippen LogP contribution < -0.4 is 0 Å². The Hall–Kier alpha value is 0.177. The minimum atomic E-state index is -0.994. The summed E-state index contributed by atoms with van der Waals surface area (Å²) in [5.41, 5.74) is 0.905. The van der Waals surface area contributed by atoms with Gasteiger partial charge in [-0.2, -0.15) is 0 Å². The zero-order valence-corrected chi connectivity index (χ0v) is 11.3. The Morgan fingerprint density at radius 1 is 1.29 bits per heavy atom. The minimum absolute atomic E-state index is 0.593. The van der Waals surface area contributed by atoms with Gasteiger partial charge in [-0.25, -0.2) is 0 Å². The van der Waals surface area contributed by atoms with E-state index in [0.29, 0.717) is 6.10 Å². The molecule has 1 fully saturated rings. The van der Waals surface area contributed by atoms with E-state index in [1.807, 2.05) is 0 Å². The Labute approximate surface area is 90.2 Å². The lowest BCUT2D eigenvalue weighted by Crippen LogP contribution is -2.40. The number of unbranched alkanes of at least 4 members (excludes halogenated alkanes) is 1. The lowest BCUT2D eigenvalue weighted by Gasteiger charge is -2.39. The van der Waals surface area contributed by atoms with E-state index in [-0.39, 0.29) is 0 Å². The standard InChI is InChI=1S/C12H26OSi/c1-5-6-8-11-12(14(2,3)4)9-7-10-13-11/h11-12H,5-10H2,1-4H3/t11-,12+/m1/s1. The van der Waals surface area contributed by atoms with E-state index in [2.05, 4.69) is 26.6 Å². The quantitative estimate of drug-likeness (QED) is 0.641. The number of hydrogen-bond donors (Lipinski definition) is 0. The highest BCUT2D eigenvalue weighted by Gasteiger charge is 2.35. The van der Waals surface area contributed by atoms with Crippen LogP contribution in [0.3, 0.4) is 0 Å². The van der Waals surface area contributed by atoms with E-state index >= 15 is 0 Å². The van der Waals surface area contributed by atoms with Gasteiger partial charge in [0.25, 0.3) is 0 Å². The molecular formula is C12H26OSi. The van der Waals surface area contributed by atoms with Crippen LogP contribution in [0.5, 0.6) is 0 Å². The lowest BCUT2D eigenvalue weighted by molar-refractivity contribution is 0.00849. The number of rotatable bonds is 4. The van der Waals surface area contributed by atoms with Gasteiger partial charge in [0.05, 0.1) is 14.2 Å². The number of ether oxygens (including phenoxy) is 1. The highest BCUT2D eigenvalue weighted by molar-refractivity contribution is 6.77. The summed E-state index contributed by atoms with van der Waals surface area (Å²) in [7, 11) is -0.994. The molecule has 0 aromatic heterocycles. The molecule has 0 amide bonds. The van der Waals surface area contributed by atoms with Gasteiger partial charge in [0.15, 0.2) is 0 Å². The molecular weight excluding hydrogens is 188 g/mol. The van der Waals surface area contributed by atoms with Gasteiger partial charge in [-0.3, -0.25) is 0 Å². The van der Waals surface area contributed by atoms with E-state index in [9.17, 15) is 0 Å². The first-order valence-electron chi connectivity index (χ1n) is 6.17. The Kier molecular flexibility index (Phi) is 4.65. The van der Waals surface area contributed by atoms with Gasteiger partial charge in [-0.15, -0.1) is 0 Å². The second kappa shape index (κ2) is 5.31. The summed E-state index contributed by atoms with van der Waals surface area (Å²) in [6, 6.07) is 0. The molecule has 0 aromatic carbocycles. The molecule has 1 rings (SSSR count). The van der Waals surface area contributed by atoms with Crippen LogP contribution in [0.2, 0.25) is 25.2 Å². The zero-order valence-electron chi connectivity index (χ0n) is 10.3. The summed E-state index contributed by atoms with van der Waals surface area (Å²) in [5.74, 6) is 0. The van der Waals surface area contributed by atoms with Gasteiger partial charge in [0.1, 0.15) is 0 Å². The predicted octanol–water partition coefficient (Wildman–Crippen LogP) is 4.06. The first kappa shape index (κ1) is 12.2. The predicted molar refractivity (Wildman–Crippen MR) is 65.6 cm³/mol. The van der Waals surface area contributed by atoms with Crippen molar-refractivity contribution in [3.63, 3.8) is 0 Å². The average Bonchev–Trinajstić information content (AvgIpc) is 2.14. The van der Waals surface area contributed by atoms with Crippen molar-refractivity contribution < 1.29 is 4.74 Å². The third-order valence-corrected chi connectivity index (χ3v) is 6.28. The maximum absolute atomic E-state index is 5.95. The van der Waals surface area contributed by atoms with Gasteiger partial charge in [-0.1, -0.05) is 39.4 Å². The molecule has 14 heavy (non-hydrogen) atoms. The van der Waals surface area contributed by atoms with Gasteiger partial charge < -0.3 is 4.74 Å². The SMILES string of the molecule is CCCC[C@H]1OCCC[C@@H]1[Si](C)(C)C. The second-order valence-electron chi connectivity index (χ2n) is 5.67. The second-order valence-corrected chi connectivity index (χ2v) is 11.1. The van der Waals surface area contributed by atoms with Crippen LogP contribution in [0.15, 0.2) is 0 Å². The van der Waals surface area contributed by atoms with Crippen LogP contribution in [-0.2, 0) is 4.74 Å². The summed E-state index contributed by atoms with van der Waals surface area (Å²) in [5, 5.41) is 0. The van der Waals surface area contributed by atoms with Crippen LogP contribution in [-0.4, -0.2) is 20.8 Å². The van der Waals surface area contributed by atoms with Gasteiger partial charge in [0, 0.05) is 6.61 Å². The van der Waals surface area contributed by atoms with Crippen LogP contribution in [0.1, 0.15) is 39.0 Å². The molecule has 1 heterocycles. The van der Waals surface area contributed by atoms with Crippen molar-refractivity contribution in [2.75, 3.05) is 6.61 Å². The van der Waals surface area contributed by atoms with Gasteiger partial charge in [-0.05, 0) is 24.8 Å². The zero-order chi connectivity index (χ0) is 10.6. The Morgan fingerprint density at radius 2 is 2.00 bits per heavy atom. The molecule has 0 saturated carbocycles. The monoisotopic (exact) mass is 214 g/mol.